The van der Waals surface area contributed by atoms with Crippen LogP contribution in [0.15, 0.2) is 91.0 Å². The zero-order chi connectivity index (χ0) is 33.7. The number of piperidine rings is 1. The number of ether oxygens (including phenoxy) is 3. The van der Waals surface area contributed by atoms with Crippen LogP contribution in [-0.2, 0) is 9.47 Å². The maximum Gasteiger partial charge on any atom is 0.415 e. The third-order valence-corrected chi connectivity index (χ3v) is 8.57. The molecule has 5 rings (SSSR count). The third kappa shape index (κ3) is 8.09. The van der Waals surface area contributed by atoms with Gasteiger partial charge in [0, 0.05) is 25.6 Å². The molecule has 0 saturated carbocycles. The largest absolute Gasteiger partial charge is 0.465 e. The Hall–Kier alpha value is -4.92. The first-order valence-corrected chi connectivity index (χ1v) is 15.8. The van der Waals surface area contributed by atoms with Gasteiger partial charge in [-0.2, -0.15) is 0 Å². The maximum absolute atomic E-state index is 13.9. The second-order valence-corrected chi connectivity index (χ2v) is 12.9. The predicted octanol–water partition coefficient (Wildman–Crippen LogP) is 8.37. The monoisotopic (exact) mass is 640 g/mol. The SMILES string of the molecule is COC(=O)c1ccc(OC(=O)N2CCC(c3ccc(F)cc3)C(CN(C(=O)OC(C)(C)C)[C@H](C)c3cccc4ccccc34)C2)cc1. The highest BCUT2D eigenvalue weighted by atomic mass is 19.1. The molecule has 2 unspecified atom stereocenters. The van der Waals surface area contributed by atoms with Gasteiger partial charge in [-0.3, -0.25) is 0 Å². The van der Waals surface area contributed by atoms with Crippen LogP contribution in [0, 0.1) is 11.7 Å². The van der Waals surface area contributed by atoms with Gasteiger partial charge in [-0.05, 0) is 98.3 Å². The fourth-order valence-electron chi connectivity index (χ4n) is 6.22. The van der Waals surface area contributed by atoms with Crippen LogP contribution >= 0.6 is 0 Å². The average Bonchev–Trinajstić information content (AvgIpc) is 3.06. The lowest BCUT2D eigenvalue weighted by molar-refractivity contribution is 0.00924. The van der Waals surface area contributed by atoms with Gasteiger partial charge in [0.05, 0.1) is 18.7 Å². The number of halogens is 1. The molecule has 1 heterocycles. The van der Waals surface area contributed by atoms with Crippen LogP contribution in [0.25, 0.3) is 10.8 Å². The number of carbonyl (C=O) groups excluding carboxylic acids is 3. The molecule has 246 valence electrons. The van der Waals surface area contributed by atoms with Crippen LogP contribution in [0.2, 0.25) is 0 Å². The molecule has 1 fully saturated rings. The summed E-state index contributed by atoms with van der Waals surface area (Å²) in [5, 5.41) is 2.11. The summed E-state index contributed by atoms with van der Waals surface area (Å²) in [4.78, 5) is 42.6. The van der Waals surface area contributed by atoms with Crippen molar-refractivity contribution in [2.24, 2.45) is 5.92 Å². The molecule has 47 heavy (non-hydrogen) atoms. The van der Waals surface area contributed by atoms with Gasteiger partial charge < -0.3 is 24.0 Å². The Morgan fingerprint density at radius 1 is 0.936 bits per heavy atom. The quantitative estimate of drug-likeness (QED) is 0.189. The average molecular weight is 641 g/mol. The molecule has 0 bridgehead atoms. The first-order chi connectivity index (χ1) is 22.4. The van der Waals surface area contributed by atoms with Gasteiger partial charge in [0.25, 0.3) is 0 Å². The van der Waals surface area contributed by atoms with Crippen LogP contribution in [0.4, 0.5) is 14.0 Å². The molecular formula is C38H41FN2O6. The highest BCUT2D eigenvalue weighted by molar-refractivity contribution is 5.89. The molecule has 0 spiro atoms. The van der Waals surface area contributed by atoms with Crippen molar-refractivity contribution in [3.05, 3.63) is 114 Å². The molecule has 2 amide bonds. The number of benzene rings is 4. The number of hydrogen-bond acceptors (Lipinski definition) is 6. The van der Waals surface area contributed by atoms with E-state index >= 15 is 0 Å². The number of carbonyl (C=O) groups is 3. The smallest absolute Gasteiger partial charge is 0.415 e. The Morgan fingerprint density at radius 2 is 1.62 bits per heavy atom. The molecule has 9 heteroatoms. The van der Waals surface area contributed by atoms with Gasteiger partial charge in [-0.25, -0.2) is 18.8 Å². The lowest BCUT2D eigenvalue weighted by atomic mass is 9.80. The zero-order valence-corrected chi connectivity index (χ0v) is 27.4. The summed E-state index contributed by atoms with van der Waals surface area (Å²) < 4.78 is 30.3. The van der Waals surface area contributed by atoms with Crippen molar-refractivity contribution in [1.29, 1.82) is 0 Å². The molecule has 4 aromatic carbocycles. The lowest BCUT2D eigenvalue weighted by Crippen LogP contribution is -2.49. The molecular weight excluding hydrogens is 599 g/mol. The molecule has 0 aromatic heterocycles. The number of likely N-dealkylation sites (tertiary alicyclic amines) is 1. The zero-order valence-electron chi connectivity index (χ0n) is 27.4. The van der Waals surface area contributed by atoms with Gasteiger partial charge in [0.2, 0.25) is 0 Å². The minimum atomic E-state index is -0.726. The fourth-order valence-corrected chi connectivity index (χ4v) is 6.22. The topological polar surface area (TPSA) is 85.4 Å². The second-order valence-electron chi connectivity index (χ2n) is 12.9. The summed E-state index contributed by atoms with van der Waals surface area (Å²) in [6, 6.07) is 26.3. The van der Waals surface area contributed by atoms with Gasteiger partial charge in [-0.15, -0.1) is 0 Å². The van der Waals surface area contributed by atoms with Crippen LogP contribution in [0.1, 0.15) is 67.6 Å². The summed E-state index contributed by atoms with van der Waals surface area (Å²) in [6.45, 7) is 8.48. The van der Waals surface area contributed by atoms with E-state index in [1.807, 2.05) is 70.2 Å². The van der Waals surface area contributed by atoms with Gasteiger partial charge in [0.1, 0.15) is 17.2 Å². The van der Waals surface area contributed by atoms with E-state index in [0.29, 0.717) is 30.8 Å². The minimum absolute atomic E-state index is 0.0661. The van der Waals surface area contributed by atoms with Gasteiger partial charge in [-0.1, -0.05) is 54.6 Å². The van der Waals surface area contributed by atoms with E-state index in [1.54, 1.807) is 34.1 Å². The first-order valence-electron chi connectivity index (χ1n) is 15.8. The number of hydrogen-bond donors (Lipinski definition) is 0. The summed E-state index contributed by atoms with van der Waals surface area (Å²) >= 11 is 0. The summed E-state index contributed by atoms with van der Waals surface area (Å²) in [6.07, 6.45) is -0.414. The first kappa shape index (κ1) is 33.4. The standard InChI is InChI=1S/C38H41FN2O6/c1-25(32-12-8-10-26-9-6-7-11-34(26)32)41(37(44)47-38(2,3)4)24-29-23-40(22-21-33(29)27-13-17-30(39)18-14-27)36(43)46-31-19-15-28(16-20-31)35(42)45-5/h6-20,25,29,33H,21-24H2,1-5H3/t25-,29?,33?/m1/s1. The molecule has 1 aliphatic heterocycles. The second kappa shape index (κ2) is 14.2. The van der Waals surface area contributed by atoms with Crippen LogP contribution in [0.3, 0.4) is 0 Å². The number of methoxy groups -OCH3 is 1. The number of rotatable bonds is 7. The molecule has 3 atom stereocenters. The van der Waals surface area contributed by atoms with Crippen LogP contribution in [-0.4, -0.2) is 60.3 Å². The Morgan fingerprint density at radius 3 is 2.30 bits per heavy atom. The molecule has 0 aliphatic carbocycles. The number of fused-ring (bicyclic) bond motifs is 1. The Labute approximate surface area is 275 Å². The highest BCUT2D eigenvalue weighted by Gasteiger charge is 2.38. The van der Waals surface area contributed by atoms with Crippen molar-refractivity contribution >= 4 is 28.9 Å². The number of amides is 2. The predicted molar refractivity (Wildman–Crippen MR) is 178 cm³/mol. The van der Waals surface area contributed by atoms with E-state index in [4.69, 9.17) is 14.2 Å². The summed E-state index contributed by atoms with van der Waals surface area (Å²) in [5.74, 6) is -0.817. The van der Waals surface area contributed by atoms with Crippen molar-refractivity contribution in [3.63, 3.8) is 0 Å². The summed E-state index contributed by atoms with van der Waals surface area (Å²) in [5.41, 5.74) is 1.53. The Bertz CT molecular complexity index is 1710. The molecule has 0 radical (unpaired) electrons. The molecule has 0 N–H and O–H groups in total. The molecule has 8 nitrogen and oxygen atoms in total. The van der Waals surface area contributed by atoms with Crippen LogP contribution < -0.4 is 4.74 Å². The van der Waals surface area contributed by atoms with E-state index in [9.17, 15) is 18.8 Å². The normalized spacial score (nSPS) is 17.1. The minimum Gasteiger partial charge on any atom is -0.465 e. The summed E-state index contributed by atoms with van der Waals surface area (Å²) in [7, 11) is 1.30. The van der Waals surface area contributed by atoms with Crippen molar-refractivity contribution in [2.75, 3.05) is 26.7 Å². The van der Waals surface area contributed by atoms with Crippen molar-refractivity contribution in [2.45, 2.75) is 51.7 Å². The third-order valence-electron chi connectivity index (χ3n) is 8.57. The molecule has 4 aromatic rings. The Kier molecular flexibility index (Phi) is 10.1. The van der Waals surface area contributed by atoms with E-state index in [-0.39, 0.29) is 30.2 Å². The lowest BCUT2D eigenvalue weighted by Gasteiger charge is -2.42. The number of nitrogens with zero attached hydrogens (tertiary/aromatic N) is 2. The van der Waals surface area contributed by atoms with Gasteiger partial charge in [0.15, 0.2) is 0 Å². The Balaban J connectivity index is 1.45. The van der Waals surface area contributed by atoms with E-state index in [2.05, 4.69) is 0 Å². The number of esters is 1. The van der Waals surface area contributed by atoms with Gasteiger partial charge >= 0.3 is 18.2 Å². The van der Waals surface area contributed by atoms with E-state index in [0.717, 1.165) is 21.9 Å². The van der Waals surface area contributed by atoms with Crippen molar-refractivity contribution in [1.82, 2.24) is 9.80 Å². The van der Waals surface area contributed by atoms with Crippen molar-refractivity contribution in [3.8, 4) is 5.75 Å². The van der Waals surface area contributed by atoms with Crippen molar-refractivity contribution < 1.29 is 33.0 Å². The highest BCUT2D eigenvalue weighted by Crippen LogP contribution is 2.37. The van der Waals surface area contributed by atoms with Crippen LogP contribution in [0.5, 0.6) is 5.75 Å². The molecule has 1 aliphatic rings. The maximum atomic E-state index is 13.9. The van der Waals surface area contributed by atoms with E-state index < -0.39 is 23.8 Å². The molecule has 1 saturated heterocycles. The van der Waals surface area contributed by atoms with E-state index in [1.165, 1.54) is 31.4 Å². The fraction of sp³-hybridized carbons (Fsp3) is 0.342.